The van der Waals surface area contributed by atoms with Gasteiger partial charge >= 0.3 is 0 Å². The van der Waals surface area contributed by atoms with Crippen LogP contribution in [0.1, 0.15) is 25.0 Å². The van der Waals surface area contributed by atoms with Crippen LogP contribution in [0.25, 0.3) is 0 Å². The van der Waals surface area contributed by atoms with Crippen molar-refractivity contribution in [1.29, 1.82) is 0 Å². The minimum atomic E-state index is -3.27. The Kier molecular flexibility index (Phi) is 2.56. The molecule has 0 saturated carbocycles. The smallest absolute Gasteiger partial charge is 0.208 e. The number of hydrogen-bond donors (Lipinski definition) is 1. The van der Waals surface area contributed by atoms with E-state index < -0.39 is 10.0 Å². The summed E-state index contributed by atoms with van der Waals surface area (Å²) in [7, 11) is -3.27. The molecule has 1 heterocycles. The Bertz CT molecular complexity index is 479. The van der Waals surface area contributed by atoms with Crippen LogP contribution in [0.4, 0.5) is 0 Å². The second-order valence-corrected chi connectivity index (χ2v) is 5.70. The van der Waals surface area contributed by atoms with E-state index in [2.05, 4.69) is 4.72 Å². The monoisotopic (exact) mass is 225 g/mol. The van der Waals surface area contributed by atoms with E-state index in [9.17, 15) is 8.42 Å². The molecule has 0 aromatic heterocycles. The van der Waals surface area contributed by atoms with Crippen LogP contribution in [0, 0.1) is 0 Å². The molecule has 82 valence electrons. The van der Waals surface area contributed by atoms with E-state index in [4.69, 9.17) is 0 Å². The quantitative estimate of drug-likeness (QED) is 0.786. The third-order valence-corrected chi connectivity index (χ3v) is 4.38. The summed E-state index contributed by atoms with van der Waals surface area (Å²) >= 11 is 0. The Morgan fingerprint density at radius 2 is 2.20 bits per heavy atom. The van der Waals surface area contributed by atoms with Gasteiger partial charge in [0.25, 0.3) is 0 Å². The zero-order valence-corrected chi connectivity index (χ0v) is 9.76. The summed E-state index contributed by atoms with van der Waals surface area (Å²) in [5, 5.41) is 0. The maximum atomic E-state index is 11.8. The van der Waals surface area contributed by atoms with Crippen molar-refractivity contribution in [2.75, 3.05) is 0 Å². The Hall–Kier alpha value is -0.870. The first kappa shape index (κ1) is 10.6. The van der Waals surface area contributed by atoms with Crippen LogP contribution in [0.3, 0.4) is 0 Å². The largest absolute Gasteiger partial charge is 0.241 e. The third kappa shape index (κ3) is 1.92. The number of benzene rings is 1. The van der Waals surface area contributed by atoms with Gasteiger partial charge in [-0.15, -0.1) is 0 Å². The summed E-state index contributed by atoms with van der Waals surface area (Å²) in [5.74, 6) is 0. The molecule has 0 spiro atoms. The molecule has 0 unspecified atom stereocenters. The second-order valence-electron chi connectivity index (χ2n) is 4.02. The Balaban J connectivity index is 2.59. The summed E-state index contributed by atoms with van der Waals surface area (Å²) < 4.78 is 26.3. The number of nitrogens with one attached hydrogen (secondary N) is 1. The van der Waals surface area contributed by atoms with Crippen molar-refractivity contribution in [3.8, 4) is 0 Å². The standard InChI is InChI=1S/C11H15NO2S/c1-3-9-4-5-10-6-8(2)12-15(13,14)11(10)7-9/h4-5,7-8,12H,3,6H2,1-2H3/t8-/m1/s1. The highest BCUT2D eigenvalue weighted by Crippen LogP contribution is 2.24. The van der Waals surface area contributed by atoms with Gasteiger partial charge in [-0.25, -0.2) is 13.1 Å². The molecule has 1 aliphatic rings. The van der Waals surface area contributed by atoms with Crippen LogP contribution in [-0.2, 0) is 22.9 Å². The molecule has 0 bridgehead atoms. The predicted molar refractivity (Wildman–Crippen MR) is 59.3 cm³/mol. The summed E-state index contributed by atoms with van der Waals surface area (Å²) in [6.07, 6.45) is 1.64. The van der Waals surface area contributed by atoms with Gasteiger partial charge in [0.05, 0.1) is 4.90 Å². The van der Waals surface area contributed by atoms with Gasteiger partial charge in [-0.1, -0.05) is 19.1 Å². The van der Waals surface area contributed by atoms with Crippen LogP contribution in [-0.4, -0.2) is 14.5 Å². The van der Waals surface area contributed by atoms with Gasteiger partial charge in [-0.05, 0) is 37.0 Å². The van der Waals surface area contributed by atoms with Gasteiger partial charge < -0.3 is 0 Å². The van der Waals surface area contributed by atoms with E-state index in [0.29, 0.717) is 4.90 Å². The Morgan fingerprint density at radius 1 is 1.47 bits per heavy atom. The molecule has 2 rings (SSSR count). The summed E-state index contributed by atoms with van der Waals surface area (Å²) in [6.45, 7) is 3.90. The molecule has 4 heteroatoms. The van der Waals surface area contributed by atoms with E-state index in [-0.39, 0.29) is 6.04 Å². The average Bonchev–Trinajstić information content (AvgIpc) is 2.16. The first-order chi connectivity index (χ1) is 7.03. The van der Waals surface area contributed by atoms with Crippen molar-refractivity contribution < 1.29 is 8.42 Å². The molecule has 0 radical (unpaired) electrons. The molecular formula is C11H15NO2S. The second kappa shape index (κ2) is 3.61. The fourth-order valence-electron chi connectivity index (χ4n) is 1.94. The van der Waals surface area contributed by atoms with Gasteiger partial charge in [0.15, 0.2) is 0 Å². The molecule has 0 saturated heterocycles. The predicted octanol–water partition coefficient (Wildman–Crippen LogP) is 1.47. The SMILES string of the molecule is CCc1ccc2c(c1)S(=O)(=O)N[C@H](C)C2. The van der Waals surface area contributed by atoms with Crippen molar-refractivity contribution in [2.45, 2.75) is 37.6 Å². The zero-order chi connectivity index (χ0) is 11.1. The minimum absolute atomic E-state index is 0.00465. The number of fused-ring (bicyclic) bond motifs is 1. The van der Waals surface area contributed by atoms with Crippen LogP contribution in [0.15, 0.2) is 23.1 Å². The lowest BCUT2D eigenvalue weighted by atomic mass is 10.0. The molecule has 1 atom stereocenters. The van der Waals surface area contributed by atoms with Crippen molar-refractivity contribution in [3.63, 3.8) is 0 Å². The molecule has 1 aromatic rings. The molecular weight excluding hydrogens is 210 g/mol. The van der Waals surface area contributed by atoms with Crippen LogP contribution in [0.2, 0.25) is 0 Å². The van der Waals surface area contributed by atoms with Gasteiger partial charge in [0, 0.05) is 6.04 Å². The molecule has 3 nitrogen and oxygen atoms in total. The van der Waals surface area contributed by atoms with Gasteiger partial charge in [-0.3, -0.25) is 0 Å². The average molecular weight is 225 g/mol. The number of rotatable bonds is 1. The number of sulfonamides is 1. The lowest BCUT2D eigenvalue weighted by Crippen LogP contribution is -2.39. The highest BCUT2D eigenvalue weighted by molar-refractivity contribution is 7.89. The molecule has 0 fully saturated rings. The van der Waals surface area contributed by atoms with E-state index in [1.54, 1.807) is 6.07 Å². The number of aryl methyl sites for hydroxylation is 1. The first-order valence-corrected chi connectivity index (χ1v) is 6.65. The maximum absolute atomic E-state index is 11.8. The normalized spacial score (nSPS) is 23.5. The Labute approximate surface area is 90.6 Å². The lowest BCUT2D eigenvalue weighted by Gasteiger charge is -2.23. The maximum Gasteiger partial charge on any atom is 0.241 e. The van der Waals surface area contributed by atoms with E-state index in [0.717, 1.165) is 24.0 Å². The summed E-state index contributed by atoms with van der Waals surface area (Å²) in [6, 6.07) is 5.72. The fraction of sp³-hybridized carbons (Fsp3) is 0.455. The van der Waals surface area contributed by atoms with Gasteiger partial charge in [-0.2, -0.15) is 0 Å². The van der Waals surface area contributed by atoms with Crippen LogP contribution >= 0.6 is 0 Å². The number of hydrogen-bond acceptors (Lipinski definition) is 2. The fourth-order valence-corrected chi connectivity index (χ4v) is 3.48. The summed E-state index contributed by atoms with van der Waals surface area (Å²) in [4.78, 5) is 0.458. The minimum Gasteiger partial charge on any atom is -0.208 e. The first-order valence-electron chi connectivity index (χ1n) is 5.17. The Morgan fingerprint density at radius 3 is 2.87 bits per heavy atom. The highest BCUT2D eigenvalue weighted by Gasteiger charge is 2.26. The lowest BCUT2D eigenvalue weighted by molar-refractivity contribution is 0.543. The van der Waals surface area contributed by atoms with Gasteiger partial charge in [0.2, 0.25) is 10.0 Å². The topological polar surface area (TPSA) is 46.2 Å². The molecule has 1 aliphatic heterocycles. The molecule has 1 N–H and O–H groups in total. The van der Waals surface area contributed by atoms with Crippen LogP contribution in [0.5, 0.6) is 0 Å². The third-order valence-electron chi connectivity index (χ3n) is 2.71. The van der Waals surface area contributed by atoms with Crippen molar-refractivity contribution in [2.24, 2.45) is 0 Å². The van der Waals surface area contributed by atoms with Crippen molar-refractivity contribution >= 4 is 10.0 Å². The van der Waals surface area contributed by atoms with E-state index in [1.807, 2.05) is 26.0 Å². The van der Waals surface area contributed by atoms with E-state index >= 15 is 0 Å². The summed E-state index contributed by atoms with van der Waals surface area (Å²) in [5.41, 5.74) is 1.99. The van der Waals surface area contributed by atoms with E-state index in [1.165, 1.54) is 0 Å². The van der Waals surface area contributed by atoms with Gasteiger partial charge in [0.1, 0.15) is 0 Å². The molecule has 15 heavy (non-hydrogen) atoms. The molecule has 0 amide bonds. The molecule has 0 aliphatic carbocycles. The molecule has 1 aromatic carbocycles. The van der Waals surface area contributed by atoms with Crippen LogP contribution < -0.4 is 4.72 Å². The zero-order valence-electron chi connectivity index (χ0n) is 8.95. The van der Waals surface area contributed by atoms with Crippen molar-refractivity contribution in [3.05, 3.63) is 29.3 Å². The highest BCUT2D eigenvalue weighted by atomic mass is 32.2. The van der Waals surface area contributed by atoms with Crippen molar-refractivity contribution in [1.82, 2.24) is 4.72 Å².